The zero-order chi connectivity index (χ0) is 46.8. The van der Waals surface area contributed by atoms with Crippen molar-refractivity contribution in [1.82, 2.24) is 4.90 Å². The molecular weight excluding hydrogens is 811 g/mol. The Bertz CT molecular complexity index is 1670. The highest BCUT2D eigenvalue weighted by Gasteiger charge is 2.53. The number of aliphatic hydroxyl groups is 3. The third kappa shape index (κ3) is 13.5. The zero-order valence-corrected chi connectivity index (χ0v) is 39.5. The van der Waals surface area contributed by atoms with Crippen molar-refractivity contribution >= 4 is 29.2 Å². The molecule has 3 aliphatic heterocycles. The van der Waals surface area contributed by atoms with Gasteiger partial charge in [-0.05, 0) is 107 Å². The number of rotatable bonds is 6. The number of cyclic esters (lactones) is 1. The van der Waals surface area contributed by atoms with Gasteiger partial charge in [-0.3, -0.25) is 19.2 Å². The monoisotopic (exact) mass is 888 g/mol. The molecule has 2 saturated heterocycles. The summed E-state index contributed by atoms with van der Waals surface area (Å²) in [7, 11) is 4.52. The van der Waals surface area contributed by atoms with E-state index >= 15 is 0 Å². The van der Waals surface area contributed by atoms with Gasteiger partial charge in [0, 0.05) is 58.5 Å². The van der Waals surface area contributed by atoms with Crippen molar-refractivity contribution in [3.63, 3.8) is 0 Å². The number of Topliss-reactive ketones (excluding diaryl/α,β-unsaturated/α-hetero) is 3. The van der Waals surface area contributed by atoms with Gasteiger partial charge < -0.3 is 43.9 Å². The van der Waals surface area contributed by atoms with Gasteiger partial charge in [0.25, 0.3) is 11.7 Å². The van der Waals surface area contributed by atoms with Crippen LogP contribution < -0.4 is 0 Å². The summed E-state index contributed by atoms with van der Waals surface area (Å²) >= 11 is 0. The number of piperidine rings is 1. The van der Waals surface area contributed by atoms with Crippen molar-refractivity contribution in [2.75, 3.05) is 27.9 Å². The first-order chi connectivity index (χ1) is 29.7. The summed E-state index contributed by atoms with van der Waals surface area (Å²) in [5, 5.41) is 33.8. The van der Waals surface area contributed by atoms with Gasteiger partial charge in [-0.2, -0.15) is 0 Å². The third-order valence-electron chi connectivity index (χ3n) is 14.3. The number of carbonyl (C=O) groups excluding carboxylic acids is 5. The Morgan fingerprint density at radius 3 is 2.25 bits per heavy atom. The molecule has 3 fully saturated rings. The number of methoxy groups -OCH3 is 3. The minimum absolute atomic E-state index is 0.0164. The number of amides is 1. The number of ether oxygens (including phenoxy) is 5. The van der Waals surface area contributed by atoms with Crippen LogP contribution in [0.1, 0.15) is 126 Å². The van der Waals surface area contributed by atoms with Crippen LogP contribution in [0.4, 0.5) is 0 Å². The Kier molecular flexibility index (Phi) is 19.9. The summed E-state index contributed by atoms with van der Waals surface area (Å²) in [4.78, 5) is 71.7. The Hall–Kier alpha value is -3.11. The molecule has 0 aromatic carbocycles. The maximum atomic E-state index is 14.3. The van der Waals surface area contributed by atoms with E-state index in [0.717, 1.165) is 12.0 Å². The lowest BCUT2D eigenvalue weighted by molar-refractivity contribution is -0.265. The van der Waals surface area contributed by atoms with E-state index in [4.69, 9.17) is 23.7 Å². The first-order valence-electron chi connectivity index (χ1n) is 23.3. The molecule has 1 amide bonds. The smallest absolute Gasteiger partial charge is 0.329 e. The number of allylic oxidation sites excluding steroid dienone is 4. The fraction of sp³-hybridized carbons (Fsp3) is 0.776. The maximum absolute atomic E-state index is 14.3. The number of ketones is 3. The Labute approximate surface area is 375 Å². The quantitative estimate of drug-likeness (QED) is 0.169. The molecule has 3 heterocycles. The summed E-state index contributed by atoms with van der Waals surface area (Å²) in [5.74, 6) is -7.99. The number of fused-ring (bicyclic) bond motifs is 3. The molecule has 0 aromatic rings. The summed E-state index contributed by atoms with van der Waals surface area (Å²) in [6, 6.07) is -1.13. The van der Waals surface area contributed by atoms with Crippen molar-refractivity contribution < 1.29 is 63.0 Å². The lowest BCUT2D eigenvalue weighted by atomic mass is 9.78. The number of hydrogen-bond donors (Lipinski definition) is 3. The van der Waals surface area contributed by atoms with Crippen LogP contribution in [-0.2, 0) is 47.7 Å². The minimum Gasteiger partial charge on any atom is -0.460 e. The maximum Gasteiger partial charge on any atom is 0.329 e. The normalized spacial score (nSPS) is 40.7. The summed E-state index contributed by atoms with van der Waals surface area (Å²) in [5.41, 5.74) is 1.26. The summed E-state index contributed by atoms with van der Waals surface area (Å²) in [6.45, 7) is 12.7. The van der Waals surface area contributed by atoms with Crippen LogP contribution in [0, 0.1) is 35.5 Å². The number of carbonyl (C=O) groups is 5. The van der Waals surface area contributed by atoms with Crippen LogP contribution in [-0.4, -0.2) is 132 Å². The lowest BCUT2D eigenvalue weighted by Crippen LogP contribution is -2.61. The van der Waals surface area contributed by atoms with E-state index in [-0.39, 0.29) is 54.8 Å². The molecule has 0 unspecified atom stereocenters. The molecule has 14 nitrogen and oxygen atoms in total. The van der Waals surface area contributed by atoms with Crippen molar-refractivity contribution in [3.8, 4) is 0 Å². The fourth-order valence-corrected chi connectivity index (χ4v) is 9.99. The van der Waals surface area contributed by atoms with Gasteiger partial charge in [-0.25, -0.2) is 4.79 Å². The third-order valence-corrected chi connectivity index (χ3v) is 14.3. The van der Waals surface area contributed by atoms with E-state index in [0.29, 0.717) is 63.4 Å². The van der Waals surface area contributed by atoms with Crippen LogP contribution in [0.2, 0.25) is 0 Å². The van der Waals surface area contributed by atoms with Gasteiger partial charge in [0.2, 0.25) is 5.79 Å². The standard InChI is InChI=1S/C49H77NO13/c1-28-14-13-15-29(2)40(59-8)26-36-19-17-34(7)49(58,63-36)46(55)47(56)50-21-12-11-16-37(50)48(57)62-41(31(4)24-35-18-20-38(51)42(25-35)60-9)27-39(52)30(3)23-33(6)44(54)45(61-10)43(53)32(5)22-28/h13-15,23,28,30-32,34-38,40-42,44-45,51,54,58H,11-12,16-22,24-27H2,1-10H3/b14-13+,29-15+,33-23+/t28-,30-,31-,32-,34-,35+,36+,37+,38-,40+,41+,42-,44-,45+,49-/m1/s1. The SMILES string of the molecule is CO[C@H]1C[C@@H]2CC[C@@H](C)[C@@](O)(O2)C(=O)C(=O)N2CCCC[C@H]2C(=O)O[C@H]([C@H](C)C[C@@H]2CC[C@@H](O)[C@H](OC)C2)CC(=O)[C@H](C)/C=C(\C)[C@@H](O)[C@@H](OC)C(=O)[C@H](C)C[C@H](C)/C=C/C=C/1C. The summed E-state index contributed by atoms with van der Waals surface area (Å²) in [6.07, 6.45) is 7.39. The predicted molar refractivity (Wildman–Crippen MR) is 236 cm³/mol. The largest absolute Gasteiger partial charge is 0.460 e. The molecule has 3 N–H and O–H groups in total. The molecule has 1 saturated carbocycles. The molecule has 0 aromatic heterocycles. The van der Waals surface area contributed by atoms with Crippen LogP contribution in [0.5, 0.6) is 0 Å². The number of aliphatic hydroxyl groups excluding tert-OH is 2. The van der Waals surface area contributed by atoms with Crippen molar-refractivity contribution in [3.05, 3.63) is 35.5 Å². The Balaban J connectivity index is 1.71. The molecule has 4 aliphatic rings. The Morgan fingerprint density at radius 1 is 0.873 bits per heavy atom. The average Bonchev–Trinajstić information content (AvgIpc) is 3.26. The average molecular weight is 888 g/mol. The van der Waals surface area contributed by atoms with Gasteiger partial charge in [0.1, 0.15) is 30.1 Å². The second kappa shape index (κ2) is 23.9. The number of hydrogen-bond acceptors (Lipinski definition) is 13. The topological polar surface area (TPSA) is 195 Å². The highest BCUT2D eigenvalue weighted by Crippen LogP contribution is 2.38. The highest BCUT2D eigenvalue weighted by atomic mass is 16.6. The number of esters is 1. The van der Waals surface area contributed by atoms with Gasteiger partial charge in [0.15, 0.2) is 5.78 Å². The van der Waals surface area contributed by atoms with Crippen LogP contribution in [0.25, 0.3) is 0 Å². The summed E-state index contributed by atoms with van der Waals surface area (Å²) < 4.78 is 29.4. The van der Waals surface area contributed by atoms with Gasteiger partial charge in [-0.1, -0.05) is 58.9 Å². The molecule has 14 heteroatoms. The van der Waals surface area contributed by atoms with Crippen LogP contribution in [0.15, 0.2) is 35.5 Å². The zero-order valence-electron chi connectivity index (χ0n) is 39.5. The van der Waals surface area contributed by atoms with Crippen LogP contribution >= 0.6 is 0 Å². The van der Waals surface area contributed by atoms with Crippen molar-refractivity contribution in [1.29, 1.82) is 0 Å². The van der Waals surface area contributed by atoms with E-state index in [1.165, 1.54) is 12.0 Å². The first-order valence-corrected chi connectivity index (χ1v) is 23.3. The molecule has 63 heavy (non-hydrogen) atoms. The van der Waals surface area contributed by atoms with E-state index < -0.39 is 83.9 Å². The van der Waals surface area contributed by atoms with Gasteiger partial charge in [0.05, 0.1) is 24.4 Å². The number of nitrogens with zero attached hydrogens (tertiary/aromatic N) is 1. The second-order valence-electron chi connectivity index (χ2n) is 19.2. The Morgan fingerprint density at radius 2 is 1.59 bits per heavy atom. The van der Waals surface area contributed by atoms with E-state index in [1.54, 1.807) is 48.0 Å². The lowest BCUT2D eigenvalue weighted by Gasteiger charge is -2.42. The fourth-order valence-electron chi connectivity index (χ4n) is 9.99. The van der Waals surface area contributed by atoms with Gasteiger partial charge in [-0.15, -0.1) is 0 Å². The molecule has 15 atom stereocenters. The van der Waals surface area contributed by atoms with Crippen LogP contribution in [0.3, 0.4) is 0 Å². The molecule has 0 radical (unpaired) electrons. The molecule has 0 spiro atoms. The second-order valence-corrected chi connectivity index (χ2v) is 19.2. The highest BCUT2D eigenvalue weighted by molar-refractivity contribution is 6.39. The predicted octanol–water partition coefficient (Wildman–Crippen LogP) is 5.62. The minimum atomic E-state index is -2.43. The van der Waals surface area contributed by atoms with Crippen molar-refractivity contribution in [2.45, 2.75) is 180 Å². The molecule has 356 valence electrons. The van der Waals surface area contributed by atoms with E-state index in [2.05, 4.69) is 0 Å². The van der Waals surface area contributed by atoms with Gasteiger partial charge >= 0.3 is 5.97 Å². The molecule has 2 bridgehead atoms. The molecule has 4 rings (SSSR count). The van der Waals surface area contributed by atoms with Crippen molar-refractivity contribution in [2.24, 2.45) is 35.5 Å². The molecule has 1 aliphatic carbocycles. The van der Waals surface area contributed by atoms with E-state index in [9.17, 15) is 39.3 Å². The van der Waals surface area contributed by atoms with E-state index in [1.807, 2.05) is 39.0 Å². The first kappa shape index (κ1) is 52.5. The molecular formula is C49H77NO13.